The highest BCUT2D eigenvalue weighted by Gasteiger charge is 2.34. The first-order valence-corrected chi connectivity index (χ1v) is 8.00. The van der Waals surface area contributed by atoms with Crippen molar-refractivity contribution >= 4 is 12.4 Å². The molecule has 112 valence electrons. The van der Waals surface area contributed by atoms with Crippen LogP contribution in [0.2, 0.25) is 0 Å². The molecule has 3 fully saturated rings. The molecule has 0 aromatic carbocycles. The average molecular weight is 289 g/mol. The van der Waals surface area contributed by atoms with Crippen LogP contribution in [0, 0.1) is 5.92 Å². The number of morpholine rings is 1. The lowest BCUT2D eigenvalue weighted by Gasteiger charge is -2.44. The fourth-order valence-electron chi connectivity index (χ4n) is 3.97. The van der Waals surface area contributed by atoms with Gasteiger partial charge in [0, 0.05) is 12.6 Å². The first kappa shape index (κ1) is 15.6. The molecule has 0 aromatic rings. The summed E-state index contributed by atoms with van der Waals surface area (Å²) in [4.78, 5) is 2.75. The van der Waals surface area contributed by atoms with Crippen LogP contribution in [0.4, 0.5) is 0 Å². The molecular weight excluding hydrogens is 260 g/mol. The summed E-state index contributed by atoms with van der Waals surface area (Å²) < 4.78 is 5.95. The highest BCUT2D eigenvalue weighted by atomic mass is 35.5. The van der Waals surface area contributed by atoms with Gasteiger partial charge in [-0.25, -0.2) is 0 Å². The standard InChI is InChI=1S/C15H28N2O.ClH/c1-2-4-15-14(3-1)17(11-12-18-15)10-7-13-5-8-16-9-6-13;/h13-16H,1-12H2;1H. The summed E-state index contributed by atoms with van der Waals surface area (Å²) in [6, 6.07) is 0.745. The Morgan fingerprint density at radius 1 is 1.05 bits per heavy atom. The minimum atomic E-state index is 0. The predicted molar refractivity (Wildman–Crippen MR) is 81.0 cm³/mol. The van der Waals surface area contributed by atoms with E-state index in [1.807, 2.05) is 0 Å². The molecule has 2 heterocycles. The lowest BCUT2D eigenvalue weighted by atomic mass is 9.89. The highest BCUT2D eigenvalue weighted by Crippen LogP contribution is 2.29. The maximum Gasteiger partial charge on any atom is 0.0730 e. The molecule has 2 atom stereocenters. The third kappa shape index (κ3) is 4.07. The molecule has 0 bridgehead atoms. The Bertz CT molecular complexity index is 257. The number of nitrogens with zero attached hydrogens (tertiary/aromatic N) is 1. The van der Waals surface area contributed by atoms with E-state index in [9.17, 15) is 0 Å². The number of hydrogen-bond acceptors (Lipinski definition) is 3. The molecule has 0 amide bonds. The van der Waals surface area contributed by atoms with Crippen molar-refractivity contribution in [3.8, 4) is 0 Å². The van der Waals surface area contributed by atoms with Gasteiger partial charge in [0.2, 0.25) is 0 Å². The van der Waals surface area contributed by atoms with E-state index in [2.05, 4.69) is 10.2 Å². The van der Waals surface area contributed by atoms with Gasteiger partial charge in [-0.3, -0.25) is 4.90 Å². The molecule has 19 heavy (non-hydrogen) atoms. The van der Waals surface area contributed by atoms with Crippen molar-refractivity contribution in [1.82, 2.24) is 10.2 Å². The number of hydrogen-bond donors (Lipinski definition) is 1. The van der Waals surface area contributed by atoms with Gasteiger partial charge in [-0.05, 0) is 57.7 Å². The molecule has 2 saturated heterocycles. The second-order valence-corrected chi connectivity index (χ2v) is 6.28. The van der Waals surface area contributed by atoms with Crippen LogP contribution in [-0.4, -0.2) is 49.8 Å². The summed E-state index contributed by atoms with van der Waals surface area (Å²) in [7, 11) is 0. The topological polar surface area (TPSA) is 24.5 Å². The minimum Gasteiger partial charge on any atom is -0.375 e. The van der Waals surface area contributed by atoms with Gasteiger partial charge in [0.25, 0.3) is 0 Å². The van der Waals surface area contributed by atoms with Crippen molar-refractivity contribution in [3.05, 3.63) is 0 Å². The van der Waals surface area contributed by atoms with Crippen LogP contribution in [0.3, 0.4) is 0 Å². The molecule has 3 rings (SSSR count). The summed E-state index contributed by atoms with van der Waals surface area (Å²) in [5.41, 5.74) is 0. The smallest absolute Gasteiger partial charge is 0.0730 e. The molecule has 0 aromatic heterocycles. The highest BCUT2D eigenvalue weighted by molar-refractivity contribution is 5.85. The van der Waals surface area contributed by atoms with E-state index in [0.717, 1.165) is 18.6 Å². The molecule has 4 heteroatoms. The Morgan fingerprint density at radius 3 is 2.68 bits per heavy atom. The fraction of sp³-hybridized carbons (Fsp3) is 1.00. The van der Waals surface area contributed by atoms with Crippen molar-refractivity contribution in [2.24, 2.45) is 5.92 Å². The first-order valence-electron chi connectivity index (χ1n) is 8.00. The average Bonchev–Trinajstić information content (AvgIpc) is 2.46. The van der Waals surface area contributed by atoms with Crippen LogP contribution >= 0.6 is 12.4 Å². The Hall–Kier alpha value is 0.170. The molecule has 1 aliphatic carbocycles. The molecule has 2 unspecified atom stereocenters. The van der Waals surface area contributed by atoms with Crippen molar-refractivity contribution in [3.63, 3.8) is 0 Å². The van der Waals surface area contributed by atoms with Crippen LogP contribution in [0.25, 0.3) is 0 Å². The van der Waals surface area contributed by atoms with Crippen LogP contribution < -0.4 is 5.32 Å². The zero-order valence-corrected chi connectivity index (χ0v) is 12.8. The zero-order valence-electron chi connectivity index (χ0n) is 12.0. The van der Waals surface area contributed by atoms with E-state index in [0.29, 0.717) is 6.10 Å². The van der Waals surface area contributed by atoms with Gasteiger partial charge in [0.1, 0.15) is 0 Å². The molecule has 3 nitrogen and oxygen atoms in total. The van der Waals surface area contributed by atoms with Gasteiger partial charge in [0.05, 0.1) is 12.7 Å². The lowest BCUT2D eigenvalue weighted by molar-refractivity contribution is -0.0893. The molecule has 0 spiro atoms. The van der Waals surface area contributed by atoms with Gasteiger partial charge < -0.3 is 10.1 Å². The molecule has 1 N–H and O–H groups in total. The molecule has 3 aliphatic rings. The molecule has 2 aliphatic heterocycles. The second-order valence-electron chi connectivity index (χ2n) is 6.28. The Labute approximate surface area is 123 Å². The van der Waals surface area contributed by atoms with Gasteiger partial charge in [-0.2, -0.15) is 0 Å². The van der Waals surface area contributed by atoms with Crippen LogP contribution in [0.15, 0.2) is 0 Å². The number of nitrogens with one attached hydrogen (secondary N) is 1. The fourth-order valence-corrected chi connectivity index (χ4v) is 3.97. The van der Waals surface area contributed by atoms with E-state index in [1.165, 1.54) is 71.1 Å². The largest absolute Gasteiger partial charge is 0.375 e. The summed E-state index contributed by atoms with van der Waals surface area (Å²) >= 11 is 0. The van der Waals surface area contributed by atoms with Crippen LogP contribution in [0.1, 0.15) is 44.9 Å². The Balaban J connectivity index is 0.00000133. The number of fused-ring (bicyclic) bond motifs is 1. The Kier molecular flexibility index (Phi) is 6.40. The molecule has 1 saturated carbocycles. The number of ether oxygens (including phenoxy) is 1. The van der Waals surface area contributed by atoms with Crippen molar-refractivity contribution < 1.29 is 4.74 Å². The first-order chi connectivity index (χ1) is 8.93. The molecular formula is C15H29ClN2O. The van der Waals surface area contributed by atoms with Gasteiger partial charge >= 0.3 is 0 Å². The second kappa shape index (κ2) is 7.82. The van der Waals surface area contributed by atoms with Gasteiger partial charge in [-0.15, -0.1) is 12.4 Å². The van der Waals surface area contributed by atoms with E-state index >= 15 is 0 Å². The van der Waals surface area contributed by atoms with Crippen LogP contribution in [0.5, 0.6) is 0 Å². The van der Waals surface area contributed by atoms with Crippen molar-refractivity contribution in [2.75, 3.05) is 32.8 Å². The van der Waals surface area contributed by atoms with E-state index < -0.39 is 0 Å². The Morgan fingerprint density at radius 2 is 1.84 bits per heavy atom. The summed E-state index contributed by atoms with van der Waals surface area (Å²) in [6.45, 7) is 5.92. The third-order valence-electron chi connectivity index (χ3n) is 5.13. The number of piperidine rings is 1. The lowest BCUT2D eigenvalue weighted by Crippen LogP contribution is -2.53. The van der Waals surface area contributed by atoms with Crippen molar-refractivity contribution in [1.29, 1.82) is 0 Å². The predicted octanol–water partition coefficient (Wildman–Crippen LogP) is 2.44. The van der Waals surface area contributed by atoms with E-state index in [4.69, 9.17) is 4.74 Å². The van der Waals surface area contributed by atoms with Gasteiger partial charge in [0.15, 0.2) is 0 Å². The van der Waals surface area contributed by atoms with Crippen molar-refractivity contribution in [2.45, 2.75) is 57.1 Å². The monoisotopic (exact) mass is 288 g/mol. The summed E-state index contributed by atoms with van der Waals surface area (Å²) in [5, 5.41) is 3.46. The number of halogens is 1. The summed E-state index contributed by atoms with van der Waals surface area (Å²) in [6.07, 6.45) is 10.2. The quantitative estimate of drug-likeness (QED) is 0.863. The third-order valence-corrected chi connectivity index (χ3v) is 5.13. The SMILES string of the molecule is C1CCC2C(C1)OCCN2CCC1CCNCC1.Cl. The van der Waals surface area contributed by atoms with E-state index in [1.54, 1.807) is 0 Å². The van der Waals surface area contributed by atoms with Crippen LogP contribution in [-0.2, 0) is 4.74 Å². The van der Waals surface area contributed by atoms with E-state index in [-0.39, 0.29) is 12.4 Å². The maximum atomic E-state index is 5.95. The maximum absolute atomic E-state index is 5.95. The minimum absolute atomic E-state index is 0. The number of rotatable bonds is 3. The van der Waals surface area contributed by atoms with Gasteiger partial charge in [-0.1, -0.05) is 12.8 Å². The molecule has 0 radical (unpaired) electrons. The zero-order chi connectivity index (χ0) is 12.2. The summed E-state index contributed by atoms with van der Waals surface area (Å²) in [5.74, 6) is 0.969. The normalized spacial score (nSPS) is 33.5.